The van der Waals surface area contributed by atoms with E-state index < -0.39 is 11.9 Å². The summed E-state index contributed by atoms with van der Waals surface area (Å²) in [5.74, 6) is 0.745. The number of esters is 2. The standard InChI is InChI=1S/C24H30N2O6/c1-13(2)11-31-21-9-19(23(27)29-5)25-17-8-18-16(7-15(17)21)22(32-12-14(3)4)10-20(26-18)24(28)30-6/h9-10,13-14H,7-8,11-12H2,1-6H3. The number of nitrogens with zero attached hydrogens (tertiary/aromatic N) is 2. The summed E-state index contributed by atoms with van der Waals surface area (Å²) in [4.78, 5) is 33.4. The van der Waals surface area contributed by atoms with Gasteiger partial charge in [0.25, 0.3) is 0 Å². The molecule has 8 nitrogen and oxygen atoms in total. The molecular weight excluding hydrogens is 412 g/mol. The number of carbonyl (C=O) groups is 2. The monoisotopic (exact) mass is 442 g/mol. The zero-order chi connectivity index (χ0) is 23.4. The molecule has 0 bridgehead atoms. The van der Waals surface area contributed by atoms with Gasteiger partial charge < -0.3 is 18.9 Å². The van der Waals surface area contributed by atoms with E-state index in [1.807, 2.05) is 0 Å². The summed E-state index contributed by atoms with van der Waals surface area (Å²) in [6, 6.07) is 3.26. The van der Waals surface area contributed by atoms with E-state index in [1.165, 1.54) is 14.2 Å². The Morgan fingerprint density at radius 1 is 0.781 bits per heavy atom. The van der Waals surface area contributed by atoms with Crippen LogP contribution in [0.2, 0.25) is 0 Å². The van der Waals surface area contributed by atoms with Crippen molar-refractivity contribution in [3.63, 3.8) is 0 Å². The van der Waals surface area contributed by atoms with Crippen LogP contribution in [0.4, 0.5) is 0 Å². The minimum Gasteiger partial charge on any atom is -0.493 e. The Labute approximate surface area is 188 Å². The molecule has 2 heterocycles. The number of pyridine rings is 2. The Bertz CT molecular complexity index is 937. The lowest BCUT2D eigenvalue weighted by molar-refractivity contribution is 0.0585. The van der Waals surface area contributed by atoms with Crippen molar-refractivity contribution in [3.05, 3.63) is 46.0 Å². The first kappa shape index (κ1) is 23.5. The third-order valence-electron chi connectivity index (χ3n) is 4.96. The topological polar surface area (TPSA) is 96.8 Å². The van der Waals surface area contributed by atoms with Gasteiger partial charge in [0.2, 0.25) is 0 Å². The first-order valence-corrected chi connectivity index (χ1v) is 10.7. The van der Waals surface area contributed by atoms with E-state index in [0.717, 1.165) is 11.1 Å². The maximum atomic E-state index is 12.2. The van der Waals surface area contributed by atoms with Gasteiger partial charge in [-0.05, 0) is 11.8 Å². The molecule has 0 fully saturated rings. The van der Waals surface area contributed by atoms with Gasteiger partial charge in [0, 0.05) is 36.1 Å². The minimum absolute atomic E-state index is 0.175. The van der Waals surface area contributed by atoms with Crippen LogP contribution in [0, 0.1) is 11.8 Å². The highest BCUT2D eigenvalue weighted by Crippen LogP contribution is 2.37. The molecule has 3 rings (SSSR count). The fraction of sp³-hybridized carbons (Fsp3) is 0.500. The van der Waals surface area contributed by atoms with Crippen molar-refractivity contribution >= 4 is 11.9 Å². The number of fused-ring (bicyclic) bond motifs is 2. The molecule has 0 spiro atoms. The van der Waals surface area contributed by atoms with Crippen LogP contribution in [0.15, 0.2) is 12.1 Å². The average molecular weight is 443 g/mol. The van der Waals surface area contributed by atoms with Crippen LogP contribution in [0.25, 0.3) is 0 Å². The zero-order valence-electron chi connectivity index (χ0n) is 19.5. The van der Waals surface area contributed by atoms with Gasteiger partial charge in [0.15, 0.2) is 11.4 Å². The number of ether oxygens (including phenoxy) is 4. The maximum absolute atomic E-state index is 12.2. The van der Waals surface area contributed by atoms with Gasteiger partial charge in [-0.1, -0.05) is 27.7 Å². The van der Waals surface area contributed by atoms with Crippen molar-refractivity contribution in [2.24, 2.45) is 11.8 Å². The molecule has 8 heteroatoms. The van der Waals surface area contributed by atoms with E-state index in [2.05, 4.69) is 37.7 Å². The molecule has 0 saturated heterocycles. The van der Waals surface area contributed by atoms with Crippen LogP contribution >= 0.6 is 0 Å². The van der Waals surface area contributed by atoms with Crippen molar-refractivity contribution in [3.8, 4) is 11.5 Å². The van der Waals surface area contributed by atoms with E-state index >= 15 is 0 Å². The summed E-state index contributed by atoms with van der Waals surface area (Å²) >= 11 is 0. The Balaban J connectivity index is 2.09. The third-order valence-corrected chi connectivity index (χ3v) is 4.96. The van der Waals surface area contributed by atoms with E-state index in [-0.39, 0.29) is 11.4 Å². The zero-order valence-corrected chi connectivity index (χ0v) is 19.5. The number of aromatic nitrogens is 2. The molecule has 2 aromatic rings. The predicted octanol–water partition coefficient (Wildman–Crippen LogP) is 3.61. The Kier molecular flexibility index (Phi) is 7.33. The highest BCUT2D eigenvalue weighted by molar-refractivity contribution is 5.88. The molecule has 2 aromatic heterocycles. The highest BCUT2D eigenvalue weighted by Gasteiger charge is 2.28. The minimum atomic E-state index is -0.537. The largest absolute Gasteiger partial charge is 0.493 e. The van der Waals surface area contributed by atoms with Crippen LogP contribution in [-0.2, 0) is 22.3 Å². The fourth-order valence-electron chi connectivity index (χ4n) is 3.39. The van der Waals surface area contributed by atoms with Crippen LogP contribution < -0.4 is 9.47 Å². The number of hydrogen-bond acceptors (Lipinski definition) is 8. The van der Waals surface area contributed by atoms with Crippen LogP contribution in [0.5, 0.6) is 11.5 Å². The molecule has 0 radical (unpaired) electrons. The second kappa shape index (κ2) is 9.97. The summed E-state index contributed by atoms with van der Waals surface area (Å²) in [6.45, 7) is 9.22. The maximum Gasteiger partial charge on any atom is 0.356 e. The molecule has 0 atom stereocenters. The Morgan fingerprint density at radius 3 is 1.53 bits per heavy atom. The predicted molar refractivity (Wildman–Crippen MR) is 117 cm³/mol. The quantitative estimate of drug-likeness (QED) is 0.488. The average Bonchev–Trinajstić information content (AvgIpc) is 2.77. The van der Waals surface area contributed by atoms with Crippen molar-refractivity contribution in [2.75, 3.05) is 27.4 Å². The lowest BCUT2D eigenvalue weighted by Crippen LogP contribution is -2.20. The Hall–Kier alpha value is -3.16. The van der Waals surface area contributed by atoms with Gasteiger partial charge in [-0.15, -0.1) is 0 Å². The van der Waals surface area contributed by atoms with Gasteiger partial charge in [0.1, 0.15) is 11.5 Å². The first-order chi connectivity index (χ1) is 15.2. The van der Waals surface area contributed by atoms with Gasteiger partial charge >= 0.3 is 11.9 Å². The number of hydrogen-bond donors (Lipinski definition) is 0. The SMILES string of the molecule is COC(=O)c1cc(OCC(C)C)c2c(n1)Cc1nc(C(=O)OC)cc(OCC(C)C)c1C2. The van der Waals surface area contributed by atoms with Gasteiger partial charge in [-0.2, -0.15) is 0 Å². The second-order valence-corrected chi connectivity index (χ2v) is 8.61. The van der Waals surface area contributed by atoms with E-state index in [9.17, 15) is 9.59 Å². The second-order valence-electron chi connectivity index (χ2n) is 8.61. The van der Waals surface area contributed by atoms with Gasteiger partial charge in [0.05, 0.1) is 38.8 Å². The first-order valence-electron chi connectivity index (χ1n) is 10.7. The molecule has 172 valence electrons. The van der Waals surface area contributed by atoms with Crippen molar-refractivity contribution in [1.29, 1.82) is 0 Å². The Morgan fingerprint density at radius 2 is 1.19 bits per heavy atom. The van der Waals surface area contributed by atoms with Gasteiger partial charge in [-0.25, -0.2) is 19.6 Å². The number of carbonyl (C=O) groups excluding carboxylic acids is 2. The molecule has 0 unspecified atom stereocenters. The molecule has 0 aromatic carbocycles. The third kappa shape index (κ3) is 5.18. The number of rotatable bonds is 8. The molecule has 0 saturated carbocycles. The fourth-order valence-corrected chi connectivity index (χ4v) is 3.39. The molecule has 0 aliphatic heterocycles. The lowest BCUT2D eigenvalue weighted by atomic mass is 9.90. The highest BCUT2D eigenvalue weighted by atomic mass is 16.5. The van der Waals surface area contributed by atoms with Crippen LogP contribution in [0.3, 0.4) is 0 Å². The van der Waals surface area contributed by atoms with E-state index in [0.29, 0.717) is 60.8 Å². The summed E-state index contributed by atoms with van der Waals surface area (Å²) in [5, 5.41) is 0. The molecule has 0 amide bonds. The summed E-state index contributed by atoms with van der Waals surface area (Å²) in [7, 11) is 2.63. The normalized spacial score (nSPS) is 12.2. The van der Waals surface area contributed by atoms with Crippen LogP contribution in [-0.4, -0.2) is 49.3 Å². The van der Waals surface area contributed by atoms with Gasteiger partial charge in [-0.3, -0.25) is 0 Å². The lowest BCUT2D eigenvalue weighted by Gasteiger charge is -2.25. The smallest absolute Gasteiger partial charge is 0.356 e. The van der Waals surface area contributed by atoms with Crippen molar-refractivity contribution < 1.29 is 28.5 Å². The van der Waals surface area contributed by atoms with Crippen LogP contribution in [0.1, 0.15) is 71.2 Å². The molecular formula is C24H30N2O6. The van der Waals surface area contributed by atoms with Crippen molar-refractivity contribution in [1.82, 2.24) is 9.97 Å². The molecule has 32 heavy (non-hydrogen) atoms. The van der Waals surface area contributed by atoms with Crippen molar-refractivity contribution in [2.45, 2.75) is 40.5 Å². The summed E-state index contributed by atoms with van der Waals surface area (Å²) in [6.07, 6.45) is 0.796. The number of methoxy groups -OCH3 is 2. The van der Waals surface area contributed by atoms with E-state index in [4.69, 9.17) is 18.9 Å². The molecule has 1 aliphatic rings. The summed E-state index contributed by atoms with van der Waals surface area (Å²) in [5.41, 5.74) is 3.45. The van der Waals surface area contributed by atoms with E-state index in [1.54, 1.807) is 12.1 Å². The molecule has 0 N–H and O–H groups in total. The summed E-state index contributed by atoms with van der Waals surface area (Å²) < 4.78 is 21.8. The molecule has 1 aliphatic carbocycles.